The number of hydrogen-bond acceptors (Lipinski definition) is 4. The van der Waals surface area contributed by atoms with Gasteiger partial charge in [0, 0.05) is 10.0 Å². The van der Waals surface area contributed by atoms with Crippen molar-refractivity contribution in [3.05, 3.63) is 28.2 Å². The molecule has 0 aromatic heterocycles. The Morgan fingerprint density at radius 3 is 2.16 bits per heavy atom. The fourth-order valence-corrected chi connectivity index (χ4v) is 2.22. The van der Waals surface area contributed by atoms with Gasteiger partial charge in [-0.1, -0.05) is 23.2 Å². The van der Waals surface area contributed by atoms with Crippen molar-refractivity contribution in [1.29, 1.82) is 0 Å². The first-order chi connectivity index (χ1) is 8.71. The molecule has 0 aliphatic carbocycles. The third kappa shape index (κ3) is 5.93. The molecule has 0 saturated carbocycles. The van der Waals surface area contributed by atoms with Crippen molar-refractivity contribution in [1.82, 2.24) is 0 Å². The van der Waals surface area contributed by atoms with Crippen LogP contribution in [0.15, 0.2) is 18.2 Å². The lowest BCUT2D eigenvalue weighted by Crippen LogP contribution is -2.33. The van der Waals surface area contributed by atoms with E-state index in [1.165, 1.54) is 11.8 Å². The van der Waals surface area contributed by atoms with Gasteiger partial charge in [-0.2, -0.15) is 0 Å². The molecule has 0 N–H and O–H groups in total. The number of hydrogen-bond donors (Lipinski definition) is 0. The predicted molar refractivity (Wildman–Crippen MR) is 80.2 cm³/mol. The summed E-state index contributed by atoms with van der Waals surface area (Å²) in [7, 11) is 0. The van der Waals surface area contributed by atoms with Crippen LogP contribution in [0.1, 0.15) is 20.8 Å². The normalized spacial score (nSPS) is 12.9. The molecule has 0 heterocycles. The predicted octanol–water partition coefficient (Wildman–Crippen LogP) is 4.40. The average Bonchev–Trinajstić information content (AvgIpc) is 2.21. The molecule has 1 aromatic rings. The summed E-state index contributed by atoms with van der Waals surface area (Å²) in [5.41, 5.74) is -1.31. The quantitative estimate of drug-likeness (QED) is 0.608. The Labute approximate surface area is 127 Å². The van der Waals surface area contributed by atoms with Crippen LogP contribution in [-0.2, 0) is 9.53 Å². The monoisotopic (exact) mass is 322 g/mol. The van der Waals surface area contributed by atoms with E-state index in [1.807, 2.05) is 0 Å². The number of ether oxygens (including phenoxy) is 2. The lowest BCUT2D eigenvalue weighted by molar-refractivity contribution is -0.159. The summed E-state index contributed by atoms with van der Waals surface area (Å²) in [6.07, 6.45) is 1.76. The molecule has 0 amide bonds. The van der Waals surface area contributed by atoms with E-state index < -0.39 is 17.0 Å². The van der Waals surface area contributed by atoms with Crippen molar-refractivity contribution in [2.24, 2.45) is 0 Å². The van der Waals surface area contributed by atoms with E-state index >= 15 is 0 Å². The fraction of sp³-hybridized carbons (Fsp3) is 0.462. The standard InChI is InChI=1S/C13H16Cl2O3S/c1-13(2,3)18-11(16)12(19-4)17-10-6-8(14)5-9(15)7-10/h5-7,12H,1-4H3. The van der Waals surface area contributed by atoms with Crippen LogP contribution in [0.3, 0.4) is 0 Å². The zero-order chi connectivity index (χ0) is 14.6. The summed E-state index contributed by atoms with van der Waals surface area (Å²) < 4.78 is 10.8. The topological polar surface area (TPSA) is 35.5 Å². The maximum Gasteiger partial charge on any atom is 0.358 e. The van der Waals surface area contributed by atoms with E-state index in [0.29, 0.717) is 15.8 Å². The highest BCUT2D eigenvalue weighted by Gasteiger charge is 2.26. The molecule has 19 heavy (non-hydrogen) atoms. The molecule has 0 aliphatic heterocycles. The molecule has 1 rings (SSSR count). The Kier molecular flexibility index (Phi) is 5.83. The van der Waals surface area contributed by atoms with E-state index in [4.69, 9.17) is 32.7 Å². The van der Waals surface area contributed by atoms with Crippen LogP contribution >= 0.6 is 35.0 Å². The fourth-order valence-electron chi connectivity index (χ4n) is 1.26. The molecule has 0 aliphatic rings. The zero-order valence-electron chi connectivity index (χ0n) is 11.2. The number of thioether (sulfide) groups is 1. The summed E-state index contributed by atoms with van der Waals surface area (Å²) in [6.45, 7) is 5.41. The molecule has 106 valence electrons. The van der Waals surface area contributed by atoms with Crippen molar-refractivity contribution in [3.8, 4) is 5.75 Å². The van der Waals surface area contributed by atoms with Crippen molar-refractivity contribution in [2.45, 2.75) is 31.8 Å². The maximum absolute atomic E-state index is 11.9. The summed E-state index contributed by atoms with van der Waals surface area (Å²) in [4.78, 5) is 11.9. The van der Waals surface area contributed by atoms with E-state index in [2.05, 4.69) is 0 Å². The smallest absolute Gasteiger partial charge is 0.358 e. The van der Waals surface area contributed by atoms with Crippen molar-refractivity contribution in [3.63, 3.8) is 0 Å². The molecule has 1 atom stereocenters. The van der Waals surface area contributed by atoms with Crippen LogP contribution in [0.5, 0.6) is 5.75 Å². The van der Waals surface area contributed by atoms with Gasteiger partial charge in [-0.15, -0.1) is 11.8 Å². The van der Waals surface area contributed by atoms with Crippen LogP contribution in [-0.4, -0.2) is 23.3 Å². The molecular formula is C13H16Cl2O3S. The van der Waals surface area contributed by atoms with Gasteiger partial charge in [0.15, 0.2) is 0 Å². The van der Waals surface area contributed by atoms with Crippen LogP contribution < -0.4 is 4.74 Å². The Bertz CT molecular complexity index is 437. The third-order valence-electron chi connectivity index (χ3n) is 1.89. The van der Waals surface area contributed by atoms with Gasteiger partial charge in [0.2, 0.25) is 5.44 Å². The molecule has 0 spiro atoms. The van der Waals surface area contributed by atoms with E-state index in [0.717, 1.165) is 0 Å². The Morgan fingerprint density at radius 1 is 1.21 bits per heavy atom. The first-order valence-corrected chi connectivity index (χ1v) is 7.64. The van der Waals surface area contributed by atoms with Gasteiger partial charge in [0.25, 0.3) is 0 Å². The molecule has 3 nitrogen and oxygen atoms in total. The minimum atomic E-state index is -0.756. The van der Waals surface area contributed by atoms with Gasteiger partial charge in [0.05, 0.1) is 0 Å². The molecule has 1 aromatic carbocycles. The van der Waals surface area contributed by atoms with Gasteiger partial charge in [-0.3, -0.25) is 0 Å². The van der Waals surface area contributed by atoms with Crippen LogP contribution in [0.2, 0.25) is 10.0 Å². The van der Waals surface area contributed by atoms with Gasteiger partial charge in [-0.05, 0) is 45.2 Å². The molecule has 0 radical (unpaired) electrons. The highest BCUT2D eigenvalue weighted by Crippen LogP contribution is 2.27. The average molecular weight is 323 g/mol. The molecular weight excluding hydrogens is 307 g/mol. The Balaban J connectivity index is 2.79. The first-order valence-electron chi connectivity index (χ1n) is 5.59. The van der Waals surface area contributed by atoms with Crippen molar-refractivity contribution in [2.75, 3.05) is 6.26 Å². The van der Waals surface area contributed by atoms with E-state index in [-0.39, 0.29) is 0 Å². The molecule has 6 heteroatoms. The summed E-state index contributed by atoms with van der Waals surface area (Å²) in [5.74, 6) is -0.00110. The number of carbonyl (C=O) groups excluding carboxylic acids is 1. The second-order valence-corrected chi connectivity index (χ2v) is 6.60. The van der Waals surface area contributed by atoms with Crippen LogP contribution in [0.25, 0.3) is 0 Å². The maximum atomic E-state index is 11.9. The number of benzene rings is 1. The van der Waals surface area contributed by atoms with Crippen molar-refractivity contribution < 1.29 is 14.3 Å². The van der Waals surface area contributed by atoms with Gasteiger partial charge in [0.1, 0.15) is 11.4 Å². The Hall–Kier alpha value is -0.580. The Morgan fingerprint density at radius 2 is 1.74 bits per heavy atom. The second kappa shape index (κ2) is 6.73. The van der Waals surface area contributed by atoms with Crippen LogP contribution in [0.4, 0.5) is 0 Å². The zero-order valence-corrected chi connectivity index (χ0v) is 13.5. The second-order valence-electron chi connectivity index (χ2n) is 4.82. The van der Waals surface area contributed by atoms with Gasteiger partial charge in [-0.25, -0.2) is 4.79 Å². The number of halogens is 2. The minimum Gasteiger partial charge on any atom is -0.468 e. The lowest BCUT2D eigenvalue weighted by Gasteiger charge is -2.23. The summed E-state index contributed by atoms with van der Waals surface area (Å²) in [5, 5.41) is 0.901. The van der Waals surface area contributed by atoms with E-state index in [9.17, 15) is 4.79 Å². The molecule has 0 saturated heterocycles. The lowest BCUT2D eigenvalue weighted by atomic mass is 10.2. The van der Waals surface area contributed by atoms with Crippen molar-refractivity contribution >= 4 is 40.9 Å². The number of rotatable bonds is 4. The summed E-state index contributed by atoms with van der Waals surface area (Å²) in [6, 6.07) is 4.79. The minimum absolute atomic E-state index is 0.433. The molecule has 0 fully saturated rings. The number of carbonyl (C=O) groups is 1. The highest BCUT2D eigenvalue weighted by atomic mass is 35.5. The third-order valence-corrected chi connectivity index (χ3v) is 3.05. The number of esters is 1. The van der Waals surface area contributed by atoms with Crippen LogP contribution in [0, 0.1) is 0 Å². The van der Waals surface area contributed by atoms with Gasteiger partial charge >= 0.3 is 5.97 Å². The molecule has 0 bridgehead atoms. The SMILES string of the molecule is CSC(Oc1cc(Cl)cc(Cl)c1)C(=O)OC(C)(C)C. The van der Waals surface area contributed by atoms with E-state index in [1.54, 1.807) is 45.2 Å². The van der Waals surface area contributed by atoms with Gasteiger partial charge < -0.3 is 9.47 Å². The summed E-state index contributed by atoms with van der Waals surface area (Å²) >= 11 is 13.0. The highest BCUT2D eigenvalue weighted by molar-refractivity contribution is 7.99. The largest absolute Gasteiger partial charge is 0.468 e. The molecule has 1 unspecified atom stereocenters. The first kappa shape index (κ1) is 16.5.